The second kappa shape index (κ2) is 8.60. The maximum absolute atomic E-state index is 12.2. The molecule has 2 fully saturated rings. The van der Waals surface area contributed by atoms with Crippen LogP contribution in [0.25, 0.3) is 0 Å². The Morgan fingerprint density at radius 3 is 2.40 bits per heavy atom. The van der Waals surface area contributed by atoms with E-state index in [1.165, 1.54) is 19.3 Å². The lowest BCUT2D eigenvalue weighted by molar-refractivity contribution is -0.132. The average molecular weight is 282 g/mol. The monoisotopic (exact) mass is 282 g/mol. The number of rotatable bonds is 6. The Morgan fingerprint density at radius 2 is 1.75 bits per heavy atom. The van der Waals surface area contributed by atoms with E-state index in [9.17, 15) is 4.79 Å². The van der Waals surface area contributed by atoms with Gasteiger partial charge in [0.25, 0.3) is 0 Å². The highest BCUT2D eigenvalue weighted by Crippen LogP contribution is 2.13. The fourth-order valence-electron chi connectivity index (χ4n) is 3.25. The molecule has 2 aliphatic heterocycles. The number of carbonyl (C=O) groups is 1. The molecule has 2 saturated heterocycles. The Morgan fingerprint density at radius 1 is 1.10 bits per heavy atom. The molecule has 0 aromatic carbocycles. The second-order valence-electron chi connectivity index (χ2n) is 5.90. The van der Waals surface area contributed by atoms with Gasteiger partial charge in [-0.15, -0.1) is 0 Å². The molecule has 2 N–H and O–H groups in total. The Bertz CT molecular complexity index is 286. The van der Waals surface area contributed by atoms with Gasteiger partial charge >= 0.3 is 0 Å². The Balaban J connectivity index is 1.76. The molecule has 2 aliphatic rings. The van der Waals surface area contributed by atoms with Crippen LogP contribution in [0.4, 0.5) is 0 Å². The van der Waals surface area contributed by atoms with Gasteiger partial charge in [0.05, 0.1) is 0 Å². The van der Waals surface area contributed by atoms with E-state index in [0.717, 1.165) is 52.4 Å². The van der Waals surface area contributed by atoms with Crippen LogP contribution in [0, 0.1) is 0 Å². The third-order valence-electron chi connectivity index (χ3n) is 4.42. The summed E-state index contributed by atoms with van der Waals surface area (Å²) in [5.41, 5.74) is 0. The van der Waals surface area contributed by atoms with Crippen molar-refractivity contribution in [3.8, 4) is 0 Å². The number of piperazine rings is 1. The van der Waals surface area contributed by atoms with Crippen LogP contribution in [0.3, 0.4) is 0 Å². The largest absolute Gasteiger partial charge is 0.340 e. The summed E-state index contributed by atoms with van der Waals surface area (Å²) in [6.45, 7) is 10.2. The minimum atomic E-state index is 0.335. The van der Waals surface area contributed by atoms with Gasteiger partial charge in [-0.05, 0) is 38.9 Å². The van der Waals surface area contributed by atoms with Gasteiger partial charge in [0, 0.05) is 45.2 Å². The molecule has 5 heteroatoms. The molecule has 20 heavy (non-hydrogen) atoms. The van der Waals surface area contributed by atoms with Gasteiger partial charge in [-0.2, -0.15) is 0 Å². The van der Waals surface area contributed by atoms with E-state index in [1.54, 1.807) is 0 Å². The highest BCUT2D eigenvalue weighted by atomic mass is 16.2. The maximum atomic E-state index is 12.2. The van der Waals surface area contributed by atoms with Gasteiger partial charge in [0.15, 0.2) is 0 Å². The van der Waals surface area contributed by atoms with Crippen LogP contribution in [-0.2, 0) is 4.79 Å². The van der Waals surface area contributed by atoms with Gasteiger partial charge in [0.2, 0.25) is 5.91 Å². The lowest BCUT2D eigenvalue weighted by atomic mass is 10.0. The predicted molar refractivity (Wildman–Crippen MR) is 81.8 cm³/mol. The molecule has 0 aliphatic carbocycles. The van der Waals surface area contributed by atoms with Crippen molar-refractivity contribution in [1.29, 1.82) is 0 Å². The number of nitrogens with one attached hydrogen (secondary N) is 2. The van der Waals surface area contributed by atoms with Crippen LogP contribution >= 0.6 is 0 Å². The molecule has 0 radical (unpaired) electrons. The van der Waals surface area contributed by atoms with Crippen molar-refractivity contribution >= 4 is 5.91 Å². The summed E-state index contributed by atoms with van der Waals surface area (Å²) in [4.78, 5) is 16.8. The molecular formula is C15H30N4O. The SMILES string of the molecule is CCCN(CCC(=O)N1CCNCC1)C1CCNCC1. The lowest BCUT2D eigenvalue weighted by Gasteiger charge is -2.35. The summed E-state index contributed by atoms with van der Waals surface area (Å²) in [5, 5.41) is 6.71. The van der Waals surface area contributed by atoms with E-state index in [1.807, 2.05) is 4.90 Å². The van der Waals surface area contributed by atoms with Crippen LogP contribution in [-0.4, -0.2) is 74.1 Å². The van der Waals surface area contributed by atoms with Gasteiger partial charge in [-0.25, -0.2) is 0 Å². The fourth-order valence-corrected chi connectivity index (χ4v) is 3.25. The zero-order valence-corrected chi connectivity index (χ0v) is 12.9. The first-order chi connectivity index (χ1) is 9.81. The normalized spacial score (nSPS) is 21.4. The Labute approximate surface area is 123 Å². The molecule has 2 heterocycles. The predicted octanol–water partition coefficient (Wildman–Crippen LogP) is 0.272. The first kappa shape index (κ1) is 15.7. The number of carbonyl (C=O) groups excluding carboxylic acids is 1. The van der Waals surface area contributed by atoms with Crippen molar-refractivity contribution in [2.75, 3.05) is 52.4 Å². The minimum absolute atomic E-state index is 0.335. The van der Waals surface area contributed by atoms with Crippen LogP contribution in [0.5, 0.6) is 0 Å². The first-order valence-corrected chi connectivity index (χ1v) is 8.24. The van der Waals surface area contributed by atoms with E-state index < -0.39 is 0 Å². The molecule has 0 atom stereocenters. The summed E-state index contributed by atoms with van der Waals surface area (Å²) in [6, 6.07) is 0.673. The molecule has 0 aromatic heterocycles. The van der Waals surface area contributed by atoms with E-state index in [0.29, 0.717) is 18.4 Å². The molecule has 2 rings (SSSR count). The van der Waals surface area contributed by atoms with E-state index >= 15 is 0 Å². The maximum Gasteiger partial charge on any atom is 0.223 e. The van der Waals surface area contributed by atoms with Crippen molar-refractivity contribution in [1.82, 2.24) is 20.4 Å². The van der Waals surface area contributed by atoms with Crippen molar-refractivity contribution in [2.24, 2.45) is 0 Å². The van der Waals surface area contributed by atoms with Crippen molar-refractivity contribution in [2.45, 2.75) is 38.6 Å². The number of hydrogen-bond donors (Lipinski definition) is 2. The molecular weight excluding hydrogens is 252 g/mol. The van der Waals surface area contributed by atoms with E-state index in [-0.39, 0.29) is 0 Å². The molecule has 0 aromatic rings. The molecule has 116 valence electrons. The van der Waals surface area contributed by atoms with Crippen LogP contribution < -0.4 is 10.6 Å². The Kier molecular flexibility index (Phi) is 6.76. The standard InChI is InChI=1S/C15H30N4O/c1-2-10-18(14-3-6-16-7-4-14)11-5-15(20)19-12-8-17-9-13-19/h14,16-17H,2-13H2,1H3. The molecule has 0 spiro atoms. The van der Waals surface area contributed by atoms with E-state index in [4.69, 9.17) is 0 Å². The lowest BCUT2D eigenvalue weighted by Crippen LogP contribution is -2.48. The summed E-state index contributed by atoms with van der Waals surface area (Å²) in [5.74, 6) is 0.335. The molecule has 0 saturated carbocycles. The topological polar surface area (TPSA) is 47.6 Å². The smallest absolute Gasteiger partial charge is 0.223 e. The van der Waals surface area contributed by atoms with Gasteiger partial charge < -0.3 is 15.5 Å². The number of hydrogen-bond acceptors (Lipinski definition) is 4. The summed E-state index contributed by atoms with van der Waals surface area (Å²) >= 11 is 0. The van der Waals surface area contributed by atoms with Gasteiger partial charge in [-0.1, -0.05) is 6.92 Å². The first-order valence-electron chi connectivity index (χ1n) is 8.24. The highest BCUT2D eigenvalue weighted by Gasteiger charge is 2.22. The third-order valence-corrected chi connectivity index (χ3v) is 4.42. The Hall–Kier alpha value is -0.650. The third kappa shape index (κ3) is 4.72. The highest BCUT2D eigenvalue weighted by molar-refractivity contribution is 5.76. The summed E-state index contributed by atoms with van der Waals surface area (Å²) < 4.78 is 0. The van der Waals surface area contributed by atoms with Gasteiger partial charge in [-0.3, -0.25) is 9.69 Å². The molecule has 0 unspecified atom stereocenters. The van der Waals surface area contributed by atoms with Crippen LogP contribution in [0.2, 0.25) is 0 Å². The second-order valence-corrected chi connectivity index (χ2v) is 5.90. The quantitative estimate of drug-likeness (QED) is 0.734. The molecule has 1 amide bonds. The zero-order valence-electron chi connectivity index (χ0n) is 12.9. The van der Waals surface area contributed by atoms with Crippen molar-refractivity contribution in [3.63, 3.8) is 0 Å². The number of piperidine rings is 1. The molecule has 5 nitrogen and oxygen atoms in total. The van der Waals surface area contributed by atoms with Crippen LogP contribution in [0.1, 0.15) is 32.6 Å². The fraction of sp³-hybridized carbons (Fsp3) is 0.933. The van der Waals surface area contributed by atoms with Crippen LogP contribution in [0.15, 0.2) is 0 Å². The molecule has 0 bridgehead atoms. The number of amides is 1. The van der Waals surface area contributed by atoms with E-state index in [2.05, 4.69) is 22.5 Å². The van der Waals surface area contributed by atoms with Crippen molar-refractivity contribution in [3.05, 3.63) is 0 Å². The average Bonchev–Trinajstić information content (AvgIpc) is 2.53. The van der Waals surface area contributed by atoms with Gasteiger partial charge in [0.1, 0.15) is 0 Å². The number of nitrogens with zero attached hydrogens (tertiary/aromatic N) is 2. The minimum Gasteiger partial charge on any atom is -0.340 e. The van der Waals surface area contributed by atoms with Crippen molar-refractivity contribution < 1.29 is 4.79 Å². The zero-order chi connectivity index (χ0) is 14.2. The summed E-state index contributed by atoms with van der Waals surface area (Å²) in [6.07, 6.45) is 4.30. The summed E-state index contributed by atoms with van der Waals surface area (Å²) in [7, 11) is 0.